The summed E-state index contributed by atoms with van der Waals surface area (Å²) < 4.78 is 7.43. The molecule has 0 radical (unpaired) electrons. The average molecular weight is 396 g/mol. The van der Waals surface area contributed by atoms with Gasteiger partial charge in [-0.1, -0.05) is 34.8 Å². The number of carbonyl (C=O) groups is 1. The van der Waals surface area contributed by atoms with E-state index in [0.29, 0.717) is 18.2 Å². The predicted molar refractivity (Wildman–Crippen MR) is 110 cm³/mol. The first kappa shape index (κ1) is 16.5. The summed E-state index contributed by atoms with van der Waals surface area (Å²) in [6.45, 7) is 1.35. The van der Waals surface area contributed by atoms with Crippen LogP contribution < -0.4 is 15.0 Å². The van der Waals surface area contributed by atoms with Gasteiger partial charge in [-0.15, -0.1) is 0 Å². The van der Waals surface area contributed by atoms with E-state index >= 15 is 0 Å². The van der Waals surface area contributed by atoms with Crippen molar-refractivity contribution in [1.29, 1.82) is 0 Å². The Bertz CT molecular complexity index is 1110. The van der Waals surface area contributed by atoms with Gasteiger partial charge in [-0.25, -0.2) is 9.97 Å². The number of benzene rings is 2. The van der Waals surface area contributed by atoms with E-state index in [1.165, 1.54) is 11.3 Å². The second-order valence-electron chi connectivity index (χ2n) is 6.41. The number of aromatic nitrogens is 2. The summed E-state index contributed by atoms with van der Waals surface area (Å²) in [5.41, 5.74) is 1.87. The molecule has 2 aromatic heterocycles. The molecule has 0 unspecified atom stereocenters. The van der Waals surface area contributed by atoms with Crippen LogP contribution in [0, 0.1) is 5.92 Å². The van der Waals surface area contributed by atoms with Gasteiger partial charge in [-0.05, 0) is 30.3 Å². The number of thiazole rings is 2. The first-order valence-corrected chi connectivity index (χ1v) is 10.2. The summed E-state index contributed by atoms with van der Waals surface area (Å²) in [4.78, 5) is 23.8. The van der Waals surface area contributed by atoms with Crippen molar-refractivity contribution < 1.29 is 9.53 Å². The minimum absolute atomic E-state index is 0.0214. The standard InChI is InChI=1S/C19H16N4O2S2/c1-25-12-6-7-14-16(8-12)27-19(21-14)23-9-11(10-23)17(24)22-18-20-13-4-2-3-5-15(13)26-18/h2-8,11H,9-10H2,1H3,(H,20,22,24). The van der Waals surface area contributed by atoms with Crippen molar-refractivity contribution in [1.82, 2.24) is 9.97 Å². The second kappa shape index (κ2) is 6.47. The molecule has 1 fully saturated rings. The Labute approximate surface area is 163 Å². The Balaban J connectivity index is 1.25. The van der Waals surface area contributed by atoms with E-state index in [1.54, 1.807) is 18.4 Å². The third kappa shape index (κ3) is 3.00. The summed E-state index contributed by atoms with van der Waals surface area (Å²) >= 11 is 3.13. The fourth-order valence-corrected chi connectivity index (χ4v) is 4.97. The van der Waals surface area contributed by atoms with Crippen molar-refractivity contribution in [3.63, 3.8) is 0 Å². The molecule has 5 rings (SSSR count). The highest BCUT2D eigenvalue weighted by Crippen LogP contribution is 2.35. The largest absolute Gasteiger partial charge is 0.497 e. The molecule has 0 aliphatic carbocycles. The minimum atomic E-state index is -0.0430. The molecule has 2 aromatic carbocycles. The van der Waals surface area contributed by atoms with Crippen LogP contribution in [-0.2, 0) is 4.79 Å². The SMILES string of the molecule is COc1ccc2nc(N3CC(C(=O)Nc4nc5ccccc5s4)C3)sc2c1. The van der Waals surface area contributed by atoms with Crippen molar-refractivity contribution in [2.24, 2.45) is 5.92 Å². The molecule has 4 aromatic rings. The van der Waals surface area contributed by atoms with Crippen LogP contribution in [0.2, 0.25) is 0 Å². The molecule has 0 atom stereocenters. The monoisotopic (exact) mass is 396 g/mol. The first-order chi connectivity index (χ1) is 13.2. The maximum absolute atomic E-state index is 12.5. The zero-order valence-electron chi connectivity index (χ0n) is 14.5. The average Bonchev–Trinajstić information content (AvgIpc) is 3.22. The van der Waals surface area contributed by atoms with Gasteiger partial charge in [0.25, 0.3) is 0 Å². The van der Waals surface area contributed by atoms with Gasteiger partial charge in [0.2, 0.25) is 5.91 Å². The van der Waals surface area contributed by atoms with E-state index in [9.17, 15) is 4.79 Å². The highest BCUT2D eigenvalue weighted by atomic mass is 32.1. The number of nitrogens with zero attached hydrogens (tertiary/aromatic N) is 3. The number of ether oxygens (including phenoxy) is 1. The fourth-order valence-electron chi connectivity index (χ4n) is 3.09. The number of para-hydroxylation sites is 1. The molecular formula is C19H16N4O2S2. The molecule has 27 heavy (non-hydrogen) atoms. The van der Waals surface area contributed by atoms with Gasteiger partial charge in [-0.2, -0.15) is 0 Å². The van der Waals surface area contributed by atoms with Crippen molar-refractivity contribution in [3.8, 4) is 5.75 Å². The lowest BCUT2D eigenvalue weighted by atomic mass is 10.0. The number of nitrogens with one attached hydrogen (secondary N) is 1. The molecule has 1 aliphatic heterocycles. The second-order valence-corrected chi connectivity index (χ2v) is 8.45. The number of hydrogen-bond acceptors (Lipinski definition) is 7. The fraction of sp³-hybridized carbons (Fsp3) is 0.211. The van der Waals surface area contributed by atoms with E-state index in [2.05, 4.69) is 20.2 Å². The van der Waals surface area contributed by atoms with Gasteiger partial charge in [0, 0.05) is 13.1 Å². The molecule has 136 valence electrons. The van der Waals surface area contributed by atoms with E-state index in [-0.39, 0.29) is 11.8 Å². The van der Waals surface area contributed by atoms with Gasteiger partial charge >= 0.3 is 0 Å². The maximum atomic E-state index is 12.5. The number of amides is 1. The molecule has 0 spiro atoms. The van der Waals surface area contributed by atoms with Crippen LogP contribution in [0.5, 0.6) is 5.75 Å². The van der Waals surface area contributed by atoms with Crippen molar-refractivity contribution in [2.75, 3.05) is 30.4 Å². The summed E-state index contributed by atoms with van der Waals surface area (Å²) in [6.07, 6.45) is 0. The lowest BCUT2D eigenvalue weighted by Crippen LogP contribution is -2.52. The first-order valence-electron chi connectivity index (χ1n) is 8.55. The van der Waals surface area contributed by atoms with Gasteiger partial charge in [0.05, 0.1) is 33.5 Å². The van der Waals surface area contributed by atoms with Gasteiger partial charge in [0.15, 0.2) is 10.3 Å². The summed E-state index contributed by atoms with van der Waals surface area (Å²) in [6, 6.07) is 13.8. The predicted octanol–water partition coefficient (Wildman–Crippen LogP) is 3.99. The molecule has 3 heterocycles. The number of rotatable bonds is 4. The molecule has 1 N–H and O–H groups in total. The summed E-state index contributed by atoms with van der Waals surface area (Å²) in [7, 11) is 1.66. The van der Waals surface area contributed by atoms with Gasteiger partial charge in [-0.3, -0.25) is 4.79 Å². The van der Waals surface area contributed by atoms with Crippen LogP contribution in [0.3, 0.4) is 0 Å². The Hall–Kier alpha value is -2.71. The Kier molecular flexibility index (Phi) is 3.95. The lowest BCUT2D eigenvalue weighted by Gasteiger charge is -2.37. The summed E-state index contributed by atoms with van der Waals surface area (Å²) in [5, 5.41) is 4.56. The quantitative estimate of drug-likeness (QED) is 0.565. The van der Waals surface area contributed by atoms with E-state index in [4.69, 9.17) is 4.74 Å². The molecule has 0 bridgehead atoms. The number of methoxy groups -OCH3 is 1. The Morgan fingerprint density at radius 3 is 2.74 bits per heavy atom. The Morgan fingerprint density at radius 2 is 1.93 bits per heavy atom. The number of anilines is 2. The number of carbonyl (C=O) groups excluding carboxylic acids is 1. The van der Waals surface area contributed by atoms with Crippen LogP contribution in [0.4, 0.5) is 10.3 Å². The molecule has 1 amide bonds. The number of fused-ring (bicyclic) bond motifs is 2. The summed E-state index contributed by atoms with van der Waals surface area (Å²) in [5.74, 6) is 0.807. The van der Waals surface area contributed by atoms with E-state index in [0.717, 1.165) is 31.3 Å². The van der Waals surface area contributed by atoms with Crippen molar-refractivity contribution >= 4 is 59.3 Å². The highest BCUT2D eigenvalue weighted by molar-refractivity contribution is 7.22. The van der Waals surface area contributed by atoms with Crippen LogP contribution in [0.1, 0.15) is 0 Å². The van der Waals surface area contributed by atoms with Crippen molar-refractivity contribution in [3.05, 3.63) is 42.5 Å². The smallest absolute Gasteiger partial charge is 0.232 e. The lowest BCUT2D eigenvalue weighted by molar-refractivity contribution is -0.120. The van der Waals surface area contributed by atoms with Gasteiger partial charge < -0.3 is 15.0 Å². The third-order valence-electron chi connectivity index (χ3n) is 4.63. The van der Waals surface area contributed by atoms with E-state index in [1.807, 2.05) is 42.5 Å². The topological polar surface area (TPSA) is 67.3 Å². The van der Waals surface area contributed by atoms with Crippen LogP contribution >= 0.6 is 22.7 Å². The minimum Gasteiger partial charge on any atom is -0.497 e. The number of hydrogen-bond donors (Lipinski definition) is 1. The molecule has 1 saturated heterocycles. The van der Waals surface area contributed by atoms with Gasteiger partial charge in [0.1, 0.15) is 5.75 Å². The molecular weight excluding hydrogens is 380 g/mol. The zero-order chi connectivity index (χ0) is 18.4. The molecule has 0 saturated carbocycles. The van der Waals surface area contributed by atoms with Crippen LogP contribution in [0.15, 0.2) is 42.5 Å². The third-order valence-corrected chi connectivity index (χ3v) is 6.66. The molecule has 6 nitrogen and oxygen atoms in total. The highest BCUT2D eigenvalue weighted by Gasteiger charge is 2.34. The maximum Gasteiger partial charge on any atom is 0.232 e. The molecule has 1 aliphatic rings. The van der Waals surface area contributed by atoms with E-state index < -0.39 is 0 Å². The zero-order valence-corrected chi connectivity index (χ0v) is 16.1. The van der Waals surface area contributed by atoms with Crippen LogP contribution in [0.25, 0.3) is 20.4 Å². The van der Waals surface area contributed by atoms with Crippen LogP contribution in [-0.4, -0.2) is 36.1 Å². The molecule has 8 heteroatoms. The van der Waals surface area contributed by atoms with Crippen molar-refractivity contribution in [2.45, 2.75) is 0 Å². The Morgan fingerprint density at radius 1 is 1.11 bits per heavy atom. The normalized spacial score (nSPS) is 14.5.